The van der Waals surface area contributed by atoms with Gasteiger partial charge in [-0.1, -0.05) is 38.1 Å². The molecule has 2 heterocycles. The summed E-state index contributed by atoms with van der Waals surface area (Å²) in [6.45, 7) is 8.14. The molecule has 170 valence electrons. The summed E-state index contributed by atoms with van der Waals surface area (Å²) >= 11 is 0. The van der Waals surface area contributed by atoms with E-state index in [4.69, 9.17) is 9.47 Å². The van der Waals surface area contributed by atoms with Crippen LogP contribution in [0.3, 0.4) is 0 Å². The van der Waals surface area contributed by atoms with E-state index in [0.29, 0.717) is 30.1 Å². The molecule has 0 aliphatic carbocycles. The molecule has 7 heteroatoms. The minimum atomic E-state index is -0.565. The van der Waals surface area contributed by atoms with Gasteiger partial charge in [-0.05, 0) is 35.7 Å². The second-order valence-corrected chi connectivity index (χ2v) is 8.66. The summed E-state index contributed by atoms with van der Waals surface area (Å²) in [5.74, 6) is 0.797. The number of hydrogen-bond acceptors (Lipinski definition) is 5. The molecule has 2 aliphatic rings. The number of fused-ring (bicyclic) bond motifs is 1. The molecular weight excluding hydrogens is 406 g/mol. The Labute approximate surface area is 189 Å². The van der Waals surface area contributed by atoms with E-state index in [-0.39, 0.29) is 17.9 Å². The molecule has 2 unspecified atom stereocenters. The lowest BCUT2D eigenvalue weighted by atomic mass is 10.0. The van der Waals surface area contributed by atoms with Crippen molar-refractivity contribution in [2.75, 3.05) is 38.2 Å². The first-order valence-corrected chi connectivity index (χ1v) is 11.3. The van der Waals surface area contributed by atoms with Crippen molar-refractivity contribution in [1.82, 2.24) is 10.2 Å². The van der Waals surface area contributed by atoms with Crippen LogP contribution < -0.4 is 15.4 Å². The lowest BCUT2D eigenvalue weighted by Crippen LogP contribution is -2.51. The van der Waals surface area contributed by atoms with Gasteiger partial charge in [0.2, 0.25) is 0 Å². The Morgan fingerprint density at radius 1 is 1.09 bits per heavy atom. The molecule has 1 fully saturated rings. The molecule has 0 spiro atoms. The summed E-state index contributed by atoms with van der Waals surface area (Å²) in [6.07, 6.45) is -0.0226. The highest BCUT2D eigenvalue weighted by molar-refractivity contribution is 5.98. The van der Waals surface area contributed by atoms with Gasteiger partial charge in [0.15, 0.2) is 6.10 Å². The van der Waals surface area contributed by atoms with Crippen molar-refractivity contribution in [3.05, 3.63) is 59.7 Å². The summed E-state index contributed by atoms with van der Waals surface area (Å²) in [6, 6.07) is 14.9. The van der Waals surface area contributed by atoms with Crippen molar-refractivity contribution in [1.29, 1.82) is 0 Å². The van der Waals surface area contributed by atoms with E-state index in [1.165, 1.54) is 0 Å². The third-order valence-corrected chi connectivity index (χ3v) is 6.09. The Morgan fingerprint density at radius 2 is 1.88 bits per heavy atom. The topological polar surface area (TPSA) is 79.9 Å². The molecule has 0 saturated carbocycles. The maximum atomic E-state index is 12.8. The number of nitrogens with zero attached hydrogens (tertiary/aromatic N) is 1. The van der Waals surface area contributed by atoms with Gasteiger partial charge in [0, 0.05) is 43.3 Å². The Kier molecular flexibility index (Phi) is 7.07. The molecule has 2 amide bonds. The number of para-hydroxylation sites is 1. The van der Waals surface area contributed by atoms with E-state index in [0.717, 1.165) is 37.6 Å². The molecule has 0 bridgehead atoms. The molecule has 4 rings (SSSR count). The highest BCUT2D eigenvalue weighted by atomic mass is 16.5. The molecule has 2 atom stereocenters. The van der Waals surface area contributed by atoms with Gasteiger partial charge in [-0.25, -0.2) is 0 Å². The normalized spacial score (nSPS) is 19.2. The molecule has 0 aromatic heterocycles. The number of nitrogens with one attached hydrogen (secondary N) is 2. The zero-order chi connectivity index (χ0) is 22.5. The predicted molar refractivity (Wildman–Crippen MR) is 123 cm³/mol. The standard InChI is InChI=1S/C25H31N3O4/c1-17(2)21(28-10-12-31-13-11-28)16-26-24(29)19-7-5-8-20(14-19)27-25(30)23-15-18-6-3-4-9-22(18)32-23/h3-9,14,17,21,23H,10-13,15-16H2,1-2H3,(H,26,29)(H,27,30). The molecule has 1 saturated heterocycles. The van der Waals surface area contributed by atoms with Crippen LogP contribution in [0.1, 0.15) is 29.8 Å². The Bertz CT molecular complexity index is 931. The number of rotatable bonds is 7. The number of carbonyl (C=O) groups excluding carboxylic acids is 2. The van der Waals surface area contributed by atoms with Crippen LogP contribution in [0, 0.1) is 5.92 Å². The largest absolute Gasteiger partial charge is 0.480 e. The van der Waals surface area contributed by atoms with Crippen LogP contribution in [0.2, 0.25) is 0 Å². The van der Waals surface area contributed by atoms with E-state index in [9.17, 15) is 9.59 Å². The molecule has 2 aromatic carbocycles. The number of anilines is 1. The molecule has 2 aromatic rings. The van der Waals surface area contributed by atoms with E-state index >= 15 is 0 Å². The molecule has 2 aliphatic heterocycles. The van der Waals surface area contributed by atoms with Gasteiger partial charge in [0.25, 0.3) is 11.8 Å². The van der Waals surface area contributed by atoms with Crippen LogP contribution in [-0.2, 0) is 16.0 Å². The molecule has 0 radical (unpaired) electrons. The van der Waals surface area contributed by atoms with Crippen LogP contribution in [-0.4, -0.2) is 61.7 Å². The lowest BCUT2D eigenvalue weighted by molar-refractivity contribution is -0.122. The Morgan fingerprint density at radius 3 is 2.62 bits per heavy atom. The number of amides is 2. The fourth-order valence-corrected chi connectivity index (χ4v) is 4.28. The van der Waals surface area contributed by atoms with Crippen LogP contribution in [0.4, 0.5) is 5.69 Å². The Balaban J connectivity index is 1.34. The average Bonchev–Trinajstić information content (AvgIpc) is 3.24. The van der Waals surface area contributed by atoms with Gasteiger partial charge in [0.05, 0.1) is 13.2 Å². The summed E-state index contributed by atoms with van der Waals surface area (Å²) in [5.41, 5.74) is 2.12. The summed E-state index contributed by atoms with van der Waals surface area (Å²) < 4.78 is 11.2. The van der Waals surface area contributed by atoms with Gasteiger partial charge in [-0.3, -0.25) is 14.5 Å². The maximum Gasteiger partial charge on any atom is 0.265 e. The third-order valence-electron chi connectivity index (χ3n) is 6.09. The maximum absolute atomic E-state index is 12.8. The number of carbonyl (C=O) groups is 2. The first-order valence-electron chi connectivity index (χ1n) is 11.3. The molecule has 7 nitrogen and oxygen atoms in total. The van der Waals surface area contributed by atoms with Crippen LogP contribution in [0.25, 0.3) is 0 Å². The van der Waals surface area contributed by atoms with E-state index < -0.39 is 6.10 Å². The van der Waals surface area contributed by atoms with Crippen molar-refractivity contribution >= 4 is 17.5 Å². The van der Waals surface area contributed by atoms with E-state index in [1.54, 1.807) is 24.3 Å². The number of hydrogen-bond donors (Lipinski definition) is 2. The predicted octanol–water partition coefficient (Wildman–Crippen LogP) is 2.72. The van der Waals surface area contributed by atoms with Gasteiger partial charge in [0.1, 0.15) is 5.75 Å². The first-order chi connectivity index (χ1) is 15.5. The highest BCUT2D eigenvalue weighted by Gasteiger charge is 2.29. The van der Waals surface area contributed by atoms with Crippen molar-refractivity contribution in [2.24, 2.45) is 5.92 Å². The fraction of sp³-hybridized carbons (Fsp3) is 0.440. The molecule has 2 N–H and O–H groups in total. The van der Waals surface area contributed by atoms with Gasteiger partial charge in [-0.15, -0.1) is 0 Å². The minimum absolute atomic E-state index is 0.149. The number of benzene rings is 2. The van der Waals surface area contributed by atoms with Gasteiger partial charge < -0.3 is 20.1 Å². The van der Waals surface area contributed by atoms with E-state index in [2.05, 4.69) is 29.4 Å². The van der Waals surface area contributed by atoms with Crippen molar-refractivity contribution in [2.45, 2.75) is 32.4 Å². The van der Waals surface area contributed by atoms with E-state index in [1.807, 2.05) is 24.3 Å². The van der Waals surface area contributed by atoms with Crippen molar-refractivity contribution in [3.8, 4) is 5.75 Å². The molecular formula is C25H31N3O4. The zero-order valence-corrected chi connectivity index (χ0v) is 18.7. The number of morpholine rings is 1. The second-order valence-electron chi connectivity index (χ2n) is 8.66. The van der Waals surface area contributed by atoms with Gasteiger partial charge in [-0.2, -0.15) is 0 Å². The highest BCUT2D eigenvalue weighted by Crippen LogP contribution is 2.28. The SMILES string of the molecule is CC(C)C(CNC(=O)c1cccc(NC(=O)C2Cc3ccccc3O2)c1)N1CCOCC1. The number of ether oxygens (including phenoxy) is 2. The van der Waals surface area contributed by atoms with Crippen LogP contribution >= 0.6 is 0 Å². The lowest BCUT2D eigenvalue weighted by Gasteiger charge is -2.36. The smallest absolute Gasteiger partial charge is 0.265 e. The van der Waals surface area contributed by atoms with Crippen molar-refractivity contribution in [3.63, 3.8) is 0 Å². The van der Waals surface area contributed by atoms with Crippen LogP contribution in [0.5, 0.6) is 5.75 Å². The fourth-order valence-electron chi connectivity index (χ4n) is 4.28. The second kappa shape index (κ2) is 10.1. The summed E-state index contributed by atoms with van der Waals surface area (Å²) in [4.78, 5) is 27.9. The zero-order valence-electron chi connectivity index (χ0n) is 18.7. The third kappa shape index (κ3) is 5.29. The Hall–Kier alpha value is -2.90. The van der Waals surface area contributed by atoms with Crippen LogP contribution in [0.15, 0.2) is 48.5 Å². The monoisotopic (exact) mass is 437 g/mol. The first kappa shape index (κ1) is 22.3. The average molecular weight is 438 g/mol. The summed E-state index contributed by atoms with van der Waals surface area (Å²) in [7, 11) is 0. The van der Waals surface area contributed by atoms with Gasteiger partial charge >= 0.3 is 0 Å². The summed E-state index contributed by atoms with van der Waals surface area (Å²) in [5, 5.41) is 5.95. The van der Waals surface area contributed by atoms with Crippen molar-refractivity contribution < 1.29 is 19.1 Å². The minimum Gasteiger partial charge on any atom is -0.480 e. The quantitative estimate of drug-likeness (QED) is 0.696. The molecule has 32 heavy (non-hydrogen) atoms.